The first-order valence-corrected chi connectivity index (χ1v) is 4.95. The van der Waals surface area contributed by atoms with Crippen molar-refractivity contribution < 1.29 is 4.39 Å². The predicted octanol–water partition coefficient (Wildman–Crippen LogP) is 2.23. The topological polar surface area (TPSA) is 51.8 Å². The maximum atomic E-state index is 13.1. The molecule has 0 amide bonds. The number of nitrogen functional groups attached to an aromatic ring is 1. The summed E-state index contributed by atoms with van der Waals surface area (Å²) < 4.78 is 13.1. The highest BCUT2D eigenvalue weighted by Crippen LogP contribution is 2.21. The van der Waals surface area contributed by atoms with Crippen LogP contribution in [-0.4, -0.2) is 9.97 Å². The van der Waals surface area contributed by atoms with E-state index in [1.165, 1.54) is 11.3 Å². The fourth-order valence-electron chi connectivity index (χ4n) is 1.10. The van der Waals surface area contributed by atoms with Crippen LogP contribution >= 0.6 is 11.3 Å². The minimum absolute atomic E-state index is 0.0984. The first-order valence-electron chi connectivity index (χ1n) is 4.00. The lowest BCUT2D eigenvalue weighted by Crippen LogP contribution is -2.02. The molecule has 0 saturated heterocycles. The van der Waals surface area contributed by atoms with Gasteiger partial charge >= 0.3 is 0 Å². The van der Waals surface area contributed by atoms with Gasteiger partial charge < -0.3 is 5.73 Å². The van der Waals surface area contributed by atoms with Gasteiger partial charge in [0.05, 0.1) is 5.69 Å². The number of rotatable bonds is 1. The van der Waals surface area contributed by atoms with Gasteiger partial charge in [-0.25, -0.2) is 14.4 Å². The second-order valence-electron chi connectivity index (χ2n) is 2.84. The molecule has 2 rings (SSSR count). The summed E-state index contributed by atoms with van der Waals surface area (Å²) >= 11 is 1.54. The number of hydrogen-bond donors (Lipinski definition) is 1. The van der Waals surface area contributed by atoms with Crippen molar-refractivity contribution in [1.82, 2.24) is 9.97 Å². The van der Waals surface area contributed by atoms with Crippen LogP contribution in [0.4, 0.5) is 10.2 Å². The zero-order valence-electron chi connectivity index (χ0n) is 7.49. The van der Waals surface area contributed by atoms with Crippen LogP contribution < -0.4 is 5.73 Å². The Bertz CT molecular complexity index is 430. The minimum atomic E-state index is -0.538. The third-order valence-corrected chi connectivity index (χ3v) is 2.51. The third-order valence-electron chi connectivity index (χ3n) is 1.82. The summed E-state index contributed by atoms with van der Waals surface area (Å²) in [6.07, 6.45) is 0. The van der Waals surface area contributed by atoms with Crippen molar-refractivity contribution in [2.24, 2.45) is 0 Å². The normalized spacial score (nSPS) is 10.4. The van der Waals surface area contributed by atoms with E-state index >= 15 is 0 Å². The lowest BCUT2D eigenvalue weighted by molar-refractivity contribution is 0.608. The smallest absolute Gasteiger partial charge is 0.186 e. The van der Waals surface area contributed by atoms with Gasteiger partial charge in [-0.1, -0.05) is 0 Å². The van der Waals surface area contributed by atoms with Gasteiger partial charge in [0.2, 0.25) is 0 Å². The molecule has 0 aliphatic rings. The van der Waals surface area contributed by atoms with Crippen molar-refractivity contribution in [2.75, 3.05) is 5.73 Å². The van der Waals surface area contributed by atoms with Gasteiger partial charge in [0, 0.05) is 10.9 Å². The fraction of sp³-hybridized carbons (Fsp3) is 0.111. The summed E-state index contributed by atoms with van der Waals surface area (Å²) in [4.78, 5) is 7.89. The van der Waals surface area contributed by atoms with Gasteiger partial charge in [-0.3, -0.25) is 0 Å². The highest BCUT2D eigenvalue weighted by Gasteiger charge is 2.09. The van der Waals surface area contributed by atoms with Crippen molar-refractivity contribution in [3.8, 4) is 11.4 Å². The Kier molecular flexibility index (Phi) is 2.17. The van der Waals surface area contributed by atoms with E-state index < -0.39 is 5.82 Å². The molecule has 72 valence electrons. The molecule has 0 atom stereocenters. The molecule has 3 nitrogen and oxygen atoms in total. The van der Waals surface area contributed by atoms with Crippen molar-refractivity contribution >= 4 is 17.2 Å². The van der Waals surface area contributed by atoms with E-state index in [1.807, 2.05) is 16.8 Å². The Hall–Kier alpha value is -1.49. The molecular weight excluding hydrogens is 201 g/mol. The summed E-state index contributed by atoms with van der Waals surface area (Å²) in [5.41, 5.74) is 6.55. The molecule has 0 fully saturated rings. The zero-order chi connectivity index (χ0) is 10.1. The van der Waals surface area contributed by atoms with E-state index in [2.05, 4.69) is 9.97 Å². The zero-order valence-corrected chi connectivity index (χ0v) is 8.31. The summed E-state index contributed by atoms with van der Waals surface area (Å²) in [5.74, 6) is -0.162. The number of halogens is 1. The number of hydrogen-bond acceptors (Lipinski definition) is 4. The van der Waals surface area contributed by atoms with Crippen LogP contribution in [0, 0.1) is 12.7 Å². The Morgan fingerprint density at radius 2 is 2.21 bits per heavy atom. The maximum Gasteiger partial charge on any atom is 0.186 e. The van der Waals surface area contributed by atoms with Gasteiger partial charge in [-0.15, -0.1) is 0 Å². The number of nitrogens with zero attached hydrogens (tertiary/aromatic N) is 2. The summed E-state index contributed by atoms with van der Waals surface area (Å²) in [6.45, 7) is 1.57. The molecule has 0 spiro atoms. The van der Waals surface area contributed by atoms with Crippen LogP contribution in [-0.2, 0) is 0 Å². The Labute approximate surface area is 84.4 Å². The van der Waals surface area contributed by atoms with Crippen LogP contribution in [0.2, 0.25) is 0 Å². The third kappa shape index (κ3) is 1.46. The average Bonchev–Trinajstić information content (AvgIpc) is 2.66. The molecule has 2 aromatic heterocycles. The highest BCUT2D eigenvalue weighted by molar-refractivity contribution is 7.08. The molecule has 0 saturated carbocycles. The molecule has 0 aliphatic heterocycles. The summed E-state index contributed by atoms with van der Waals surface area (Å²) in [6, 6.07) is 1.87. The van der Waals surface area contributed by atoms with E-state index in [0.29, 0.717) is 5.82 Å². The maximum absolute atomic E-state index is 13.1. The van der Waals surface area contributed by atoms with Crippen molar-refractivity contribution in [1.29, 1.82) is 0 Å². The number of aromatic nitrogens is 2. The molecule has 5 heteroatoms. The SMILES string of the molecule is Cc1nc(-c2ccsc2)nc(N)c1F. The Balaban J connectivity index is 2.57. The predicted molar refractivity (Wildman–Crippen MR) is 54.5 cm³/mol. The Morgan fingerprint density at radius 1 is 1.43 bits per heavy atom. The van der Waals surface area contributed by atoms with Crippen LogP contribution in [0.25, 0.3) is 11.4 Å². The summed E-state index contributed by atoms with van der Waals surface area (Å²) in [7, 11) is 0. The van der Waals surface area contributed by atoms with E-state index in [4.69, 9.17) is 5.73 Å². The van der Waals surface area contributed by atoms with Gasteiger partial charge in [-0.2, -0.15) is 11.3 Å². The fourth-order valence-corrected chi connectivity index (χ4v) is 1.74. The van der Waals surface area contributed by atoms with Gasteiger partial charge in [0.25, 0.3) is 0 Å². The van der Waals surface area contributed by atoms with E-state index in [0.717, 1.165) is 5.56 Å². The lowest BCUT2D eigenvalue weighted by atomic mass is 10.3. The molecule has 0 aliphatic carbocycles. The minimum Gasteiger partial charge on any atom is -0.381 e. The Morgan fingerprint density at radius 3 is 2.79 bits per heavy atom. The molecule has 2 aromatic rings. The average molecular weight is 209 g/mol. The first kappa shape index (κ1) is 9.08. The second kappa shape index (κ2) is 3.34. The van der Waals surface area contributed by atoms with Gasteiger partial charge in [0.1, 0.15) is 0 Å². The van der Waals surface area contributed by atoms with Crippen LogP contribution in [0.5, 0.6) is 0 Å². The van der Waals surface area contributed by atoms with Gasteiger partial charge in [0.15, 0.2) is 17.5 Å². The monoisotopic (exact) mass is 209 g/mol. The van der Waals surface area contributed by atoms with Crippen LogP contribution in [0.1, 0.15) is 5.69 Å². The van der Waals surface area contributed by atoms with Crippen LogP contribution in [0.3, 0.4) is 0 Å². The molecule has 2 N–H and O–H groups in total. The van der Waals surface area contributed by atoms with Crippen LogP contribution in [0.15, 0.2) is 16.8 Å². The number of thiophene rings is 1. The second-order valence-corrected chi connectivity index (χ2v) is 3.62. The molecule has 0 aromatic carbocycles. The number of nitrogens with two attached hydrogens (primary N) is 1. The molecular formula is C9H8FN3S. The van der Waals surface area contributed by atoms with Gasteiger partial charge in [-0.05, 0) is 18.4 Å². The molecule has 0 bridgehead atoms. The number of aryl methyl sites for hydroxylation is 1. The first-order chi connectivity index (χ1) is 6.68. The van der Waals surface area contributed by atoms with E-state index in [-0.39, 0.29) is 11.5 Å². The molecule has 0 unspecified atom stereocenters. The molecule has 14 heavy (non-hydrogen) atoms. The molecule has 0 radical (unpaired) electrons. The van der Waals surface area contributed by atoms with Crippen molar-refractivity contribution in [3.05, 3.63) is 28.3 Å². The quantitative estimate of drug-likeness (QED) is 0.783. The largest absolute Gasteiger partial charge is 0.381 e. The highest BCUT2D eigenvalue weighted by atomic mass is 32.1. The van der Waals surface area contributed by atoms with Crippen molar-refractivity contribution in [3.63, 3.8) is 0 Å². The standard InChI is InChI=1S/C9H8FN3S/c1-5-7(10)8(11)13-9(12-5)6-2-3-14-4-6/h2-4H,1H3,(H2,11,12,13). The van der Waals surface area contributed by atoms with E-state index in [1.54, 1.807) is 6.92 Å². The number of anilines is 1. The molecule has 2 heterocycles. The summed E-state index contributed by atoms with van der Waals surface area (Å²) in [5, 5.41) is 3.81. The lowest BCUT2D eigenvalue weighted by Gasteiger charge is -2.02. The van der Waals surface area contributed by atoms with E-state index in [9.17, 15) is 4.39 Å². The van der Waals surface area contributed by atoms with Crippen molar-refractivity contribution in [2.45, 2.75) is 6.92 Å².